The second-order valence-electron chi connectivity index (χ2n) is 18.3. The van der Waals surface area contributed by atoms with Crippen LogP contribution in [0.2, 0.25) is 0 Å². The molecule has 0 N–H and O–H groups in total. The highest BCUT2D eigenvalue weighted by atomic mass is 16.5. The average Bonchev–Trinajstić information content (AvgIpc) is 3.86. The highest BCUT2D eigenvalue weighted by Crippen LogP contribution is 2.85. The van der Waals surface area contributed by atoms with Gasteiger partial charge < -0.3 is 4.74 Å². The summed E-state index contributed by atoms with van der Waals surface area (Å²) in [5, 5.41) is 34.7. The average molecular weight is 671 g/mol. The number of rotatable bonds is 5. The molecule has 2 heteroatoms. The summed E-state index contributed by atoms with van der Waals surface area (Å²) in [6, 6.07) is 24.8. The van der Waals surface area contributed by atoms with E-state index in [1.807, 2.05) is 0 Å². The summed E-state index contributed by atoms with van der Waals surface area (Å²) in [6.45, 7) is 0. The van der Waals surface area contributed by atoms with Crippen LogP contribution in [0, 0.1) is 0 Å². The highest BCUT2D eigenvalue weighted by Gasteiger charge is 2.80. The Balaban J connectivity index is 1.17. The van der Waals surface area contributed by atoms with E-state index in [0.29, 0.717) is 12.3 Å². The van der Waals surface area contributed by atoms with Crippen LogP contribution in [-0.2, 0) is 39.6 Å². The predicted molar refractivity (Wildman–Crippen MR) is 216 cm³/mol. The molecule has 1 spiro atoms. The number of esters is 1. The van der Waals surface area contributed by atoms with Crippen molar-refractivity contribution in [2.75, 3.05) is 7.11 Å². The smallest absolute Gasteiger partial charge is 0.305 e. The largest absolute Gasteiger partial charge is 0.469 e. The number of carbonyl (C=O) groups excluding carboxylic acids is 1. The van der Waals surface area contributed by atoms with Gasteiger partial charge in [0, 0.05) is 23.2 Å². The fourth-order valence-corrected chi connectivity index (χ4v) is 16.1. The molecule has 0 radical (unpaired) electrons. The maximum Gasteiger partial charge on any atom is 0.305 e. The molecule has 0 heterocycles. The summed E-state index contributed by atoms with van der Waals surface area (Å²) in [5.74, 6) is 0.281. The first-order valence-corrected chi connectivity index (χ1v) is 19.8. The topological polar surface area (TPSA) is 26.3 Å². The van der Waals surface area contributed by atoms with Gasteiger partial charge in [-0.05, 0) is 195 Å². The molecule has 0 amide bonds. The first kappa shape index (κ1) is 24.5. The summed E-state index contributed by atoms with van der Waals surface area (Å²) >= 11 is 0. The number of ether oxygens (including phenoxy) is 1. The van der Waals surface area contributed by atoms with Gasteiger partial charge in [-0.1, -0.05) is 60.7 Å². The molecule has 1 saturated carbocycles. The molecule has 0 bridgehead atoms. The van der Waals surface area contributed by atoms with Crippen LogP contribution in [0.3, 0.4) is 0 Å². The maximum absolute atomic E-state index is 12.7. The van der Waals surface area contributed by atoms with Crippen molar-refractivity contribution in [1.29, 1.82) is 0 Å². The van der Waals surface area contributed by atoms with E-state index in [1.54, 1.807) is 147 Å². The third-order valence-electron chi connectivity index (χ3n) is 17.0. The Kier molecular flexibility index (Phi) is 3.08. The zero-order valence-electron chi connectivity index (χ0n) is 28.9. The lowest BCUT2D eigenvalue weighted by molar-refractivity contribution is -0.140. The van der Waals surface area contributed by atoms with Crippen molar-refractivity contribution in [3.05, 3.63) is 105 Å². The molecule has 18 rings (SSSR count). The fourth-order valence-electron chi connectivity index (χ4n) is 16.1. The van der Waals surface area contributed by atoms with E-state index >= 15 is 0 Å². The van der Waals surface area contributed by atoms with Gasteiger partial charge in [0.15, 0.2) is 0 Å². The molecular formula is C51H26O2. The number of carbonyl (C=O) groups is 1. The molecule has 5 aliphatic rings. The third kappa shape index (κ3) is 1.89. The van der Waals surface area contributed by atoms with Crippen molar-refractivity contribution in [3.8, 4) is 0 Å². The molecule has 5 aliphatic carbocycles. The molecule has 53 heavy (non-hydrogen) atoms. The van der Waals surface area contributed by atoms with Crippen molar-refractivity contribution in [1.82, 2.24) is 0 Å². The molecule has 2 nitrogen and oxygen atoms in total. The second kappa shape index (κ2) is 6.67. The predicted octanol–water partition coefficient (Wildman–Crippen LogP) is 11.9. The first-order chi connectivity index (χ1) is 26.2. The zero-order chi connectivity index (χ0) is 33.5. The van der Waals surface area contributed by atoms with Crippen molar-refractivity contribution < 1.29 is 9.53 Å². The van der Waals surface area contributed by atoms with Crippen LogP contribution in [0.15, 0.2) is 60.7 Å². The summed E-state index contributed by atoms with van der Waals surface area (Å²) in [4.78, 5) is 12.7. The Labute approximate surface area is 300 Å². The van der Waals surface area contributed by atoms with Crippen LogP contribution in [0.25, 0.3) is 118 Å². The van der Waals surface area contributed by atoms with E-state index in [1.165, 1.54) is 23.4 Å². The number of benzene rings is 10. The minimum Gasteiger partial charge on any atom is -0.469 e. The van der Waals surface area contributed by atoms with Crippen LogP contribution in [-0.4, -0.2) is 13.1 Å². The quantitative estimate of drug-likeness (QED) is 0.135. The van der Waals surface area contributed by atoms with Crippen LogP contribution in [0.1, 0.15) is 69.7 Å². The lowest BCUT2D eigenvalue weighted by atomic mass is 9.77. The number of fused-ring (bicyclic) bond motifs is 1. The van der Waals surface area contributed by atoms with E-state index in [9.17, 15) is 4.79 Å². The van der Waals surface area contributed by atoms with E-state index in [2.05, 4.69) is 60.7 Å². The Bertz CT molecular complexity index is 3960. The Morgan fingerprint density at radius 1 is 0.585 bits per heavy atom. The highest BCUT2D eigenvalue weighted by molar-refractivity contribution is 6.65. The summed E-state index contributed by atoms with van der Waals surface area (Å²) in [5.41, 5.74) is 12.4. The van der Waals surface area contributed by atoms with Crippen LogP contribution >= 0.6 is 0 Å². The number of methoxy groups -OCH3 is 1. The molecule has 13 aromatic carbocycles. The fraction of sp³-hybridized carbons (Fsp3) is 0.196. The molecule has 1 fully saturated rings. The van der Waals surface area contributed by atoms with E-state index in [-0.39, 0.29) is 16.8 Å². The number of hydrogen-bond donors (Lipinski definition) is 0. The molecule has 13 aromatic rings. The summed E-state index contributed by atoms with van der Waals surface area (Å²) in [7, 11) is 1.54. The minimum atomic E-state index is -0.0921. The summed E-state index contributed by atoms with van der Waals surface area (Å²) < 4.78 is 5.23. The van der Waals surface area contributed by atoms with E-state index in [0.717, 1.165) is 32.1 Å². The number of hydrogen-bond acceptors (Lipinski definition) is 2. The van der Waals surface area contributed by atoms with Gasteiger partial charge in [0.25, 0.3) is 0 Å². The van der Waals surface area contributed by atoms with Gasteiger partial charge in [-0.15, -0.1) is 0 Å². The normalized spacial score (nSPS) is 23.6. The van der Waals surface area contributed by atoms with Gasteiger partial charge in [-0.25, -0.2) is 0 Å². The monoisotopic (exact) mass is 670 g/mol. The van der Waals surface area contributed by atoms with Gasteiger partial charge in [0.1, 0.15) is 0 Å². The van der Waals surface area contributed by atoms with Gasteiger partial charge in [-0.3, -0.25) is 4.79 Å². The molecule has 0 aromatic heterocycles. The molecule has 3 atom stereocenters. The standard InChI is InChI=1S/C51H26O2/c1-53-27(52)8-5-9-50(25-6-3-2-4-7-25)49-26-16-23-14-20-12-21-11-18-10-19-13-22-15-24-17-51(49,50)48-34(24)39-33(22)38-29(19)28(18)36-32(21)37-30(20)31(23)40-35(26)47(48)46-44(39)42(38)41(36)43(37)45(40)46/h2-4,6-7,11-13,15-16,49H,5,8-10,14,17H2,1H3. The molecular weight excluding hydrogens is 645 g/mol. The van der Waals surface area contributed by atoms with Gasteiger partial charge in [0.05, 0.1) is 7.11 Å². The lowest BCUT2D eigenvalue weighted by Crippen LogP contribution is -2.23. The Hall–Kier alpha value is -5.73. The minimum absolute atomic E-state index is 0.0334. The maximum atomic E-state index is 12.7. The van der Waals surface area contributed by atoms with Gasteiger partial charge in [0.2, 0.25) is 0 Å². The molecule has 3 unspecified atom stereocenters. The zero-order valence-corrected chi connectivity index (χ0v) is 28.9. The van der Waals surface area contributed by atoms with E-state index in [4.69, 9.17) is 4.74 Å². The van der Waals surface area contributed by atoms with Crippen molar-refractivity contribution >= 4 is 124 Å². The molecule has 0 aliphatic heterocycles. The van der Waals surface area contributed by atoms with Crippen molar-refractivity contribution in [3.63, 3.8) is 0 Å². The van der Waals surface area contributed by atoms with Gasteiger partial charge >= 0.3 is 5.97 Å². The van der Waals surface area contributed by atoms with Gasteiger partial charge in [-0.2, -0.15) is 0 Å². The SMILES string of the molecule is COC(=O)CCCC1(c2ccccc2)C2c3cc4c5c6c(cc7cc8c9c%10c(cc%11cc%12c%13c(c%14c3c5c3c%14c5c%13c%11c%10c5c5c9c7c6c35)C21C%12)C8)C4. The second-order valence-corrected chi connectivity index (χ2v) is 18.3. The summed E-state index contributed by atoms with van der Waals surface area (Å²) in [6.07, 6.45) is 5.44. The lowest BCUT2D eigenvalue weighted by Gasteiger charge is -2.25. The molecule has 242 valence electrons. The Morgan fingerprint density at radius 2 is 1.09 bits per heavy atom. The van der Waals surface area contributed by atoms with Crippen molar-refractivity contribution in [2.24, 2.45) is 0 Å². The van der Waals surface area contributed by atoms with Crippen LogP contribution < -0.4 is 0 Å². The van der Waals surface area contributed by atoms with Crippen LogP contribution in [0.5, 0.6) is 0 Å². The molecule has 0 saturated heterocycles. The van der Waals surface area contributed by atoms with Crippen LogP contribution in [0.4, 0.5) is 0 Å². The van der Waals surface area contributed by atoms with Crippen molar-refractivity contribution in [2.45, 2.75) is 55.3 Å². The third-order valence-corrected chi connectivity index (χ3v) is 17.0. The Morgan fingerprint density at radius 3 is 1.70 bits per heavy atom. The van der Waals surface area contributed by atoms with E-state index < -0.39 is 0 Å². The first-order valence-electron chi connectivity index (χ1n) is 19.8.